The SMILES string of the molecule is CNc1nc(Oc2ccc([N+](=O)[O-])cc2)ncc1C(=O)Nc1cc(NC(=O)c2cccc(C(F)(F)F)c2)ccc1C. The van der Waals surface area contributed by atoms with Crippen LogP contribution in [-0.4, -0.2) is 33.8 Å². The maximum absolute atomic E-state index is 13.1. The number of nitro benzene ring substituents is 1. The molecule has 0 aliphatic heterocycles. The van der Waals surface area contributed by atoms with E-state index in [1.54, 1.807) is 19.1 Å². The van der Waals surface area contributed by atoms with Gasteiger partial charge in [0.1, 0.15) is 17.1 Å². The lowest BCUT2D eigenvalue weighted by molar-refractivity contribution is -0.384. The zero-order chi connectivity index (χ0) is 29.7. The fourth-order valence-corrected chi connectivity index (χ4v) is 3.58. The number of carbonyl (C=O) groups excluding carboxylic acids is 2. The lowest BCUT2D eigenvalue weighted by atomic mass is 10.1. The molecular formula is C27H21F3N6O5. The molecule has 0 spiro atoms. The van der Waals surface area contributed by atoms with Gasteiger partial charge in [0.25, 0.3) is 17.5 Å². The summed E-state index contributed by atoms with van der Waals surface area (Å²) in [6.07, 6.45) is -3.37. The van der Waals surface area contributed by atoms with Gasteiger partial charge in [-0.2, -0.15) is 18.2 Å². The Kier molecular flexibility index (Phi) is 8.12. The number of benzene rings is 3. The zero-order valence-electron chi connectivity index (χ0n) is 21.4. The number of aryl methyl sites for hydroxylation is 1. The molecule has 3 N–H and O–H groups in total. The molecule has 1 heterocycles. The van der Waals surface area contributed by atoms with E-state index < -0.39 is 28.5 Å². The van der Waals surface area contributed by atoms with Gasteiger partial charge in [-0.3, -0.25) is 19.7 Å². The van der Waals surface area contributed by atoms with Gasteiger partial charge in [-0.25, -0.2) is 4.98 Å². The van der Waals surface area contributed by atoms with Crippen LogP contribution in [0.2, 0.25) is 0 Å². The van der Waals surface area contributed by atoms with Gasteiger partial charge in [0.05, 0.1) is 10.5 Å². The highest BCUT2D eigenvalue weighted by molar-refractivity contribution is 6.08. The van der Waals surface area contributed by atoms with Crippen molar-refractivity contribution in [2.75, 3.05) is 23.0 Å². The number of aromatic nitrogens is 2. The number of alkyl halides is 3. The van der Waals surface area contributed by atoms with Crippen LogP contribution >= 0.6 is 0 Å². The van der Waals surface area contributed by atoms with E-state index in [4.69, 9.17) is 4.74 Å². The van der Waals surface area contributed by atoms with Crippen LogP contribution in [0.5, 0.6) is 11.8 Å². The topological polar surface area (TPSA) is 148 Å². The number of halogens is 3. The number of amides is 2. The van der Waals surface area contributed by atoms with E-state index in [1.807, 2.05) is 0 Å². The second kappa shape index (κ2) is 11.7. The summed E-state index contributed by atoms with van der Waals surface area (Å²) in [6.45, 7) is 1.71. The first-order valence-electron chi connectivity index (χ1n) is 11.8. The lowest BCUT2D eigenvalue weighted by Crippen LogP contribution is -2.17. The Bertz CT molecular complexity index is 1630. The summed E-state index contributed by atoms with van der Waals surface area (Å²) in [7, 11) is 1.53. The van der Waals surface area contributed by atoms with Gasteiger partial charge in [0, 0.05) is 42.3 Å². The Morgan fingerprint density at radius 3 is 2.37 bits per heavy atom. The molecule has 0 atom stereocenters. The maximum Gasteiger partial charge on any atom is 0.416 e. The Morgan fingerprint density at radius 2 is 1.71 bits per heavy atom. The van der Waals surface area contributed by atoms with Gasteiger partial charge in [0.15, 0.2) is 0 Å². The second-order valence-corrected chi connectivity index (χ2v) is 8.53. The molecule has 0 saturated heterocycles. The number of nitro groups is 1. The minimum absolute atomic E-state index is 0.0568. The Morgan fingerprint density at radius 1 is 0.976 bits per heavy atom. The molecule has 11 nitrogen and oxygen atoms in total. The van der Waals surface area contributed by atoms with E-state index in [1.165, 1.54) is 49.6 Å². The first-order valence-corrected chi connectivity index (χ1v) is 11.8. The van der Waals surface area contributed by atoms with Crippen molar-refractivity contribution in [3.63, 3.8) is 0 Å². The van der Waals surface area contributed by atoms with E-state index in [2.05, 4.69) is 25.9 Å². The number of carbonyl (C=O) groups is 2. The quantitative estimate of drug-likeness (QED) is 0.172. The number of anilines is 3. The van der Waals surface area contributed by atoms with E-state index >= 15 is 0 Å². The molecule has 41 heavy (non-hydrogen) atoms. The number of non-ortho nitro benzene ring substituents is 1. The van der Waals surface area contributed by atoms with Gasteiger partial charge in [-0.05, 0) is 55.0 Å². The van der Waals surface area contributed by atoms with Crippen LogP contribution in [0.3, 0.4) is 0 Å². The largest absolute Gasteiger partial charge is 0.424 e. The van der Waals surface area contributed by atoms with Crippen LogP contribution in [0, 0.1) is 17.0 Å². The molecule has 0 aliphatic rings. The predicted octanol–water partition coefficient (Wildman–Crippen LogP) is 6.05. The first-order chi connectivity index (χ1) is 19.4. The number of hydrogen-bond donors (Lipinski definition) is 3. The minimum Gasteiger partial charge on any atom is -0.424 e. The van der Waals surface area contributed by atoms with E-state index in [0.29, 0.717) is 11.3 Å². The molecule has 0 unspecified atom stereocenters. The van der Waals surface area contributed by atoms with Crippen molar-refractivity contribution in [1.82, 2.24) is 9.97 Å². The van der Waals surface area contributed by atoms with Crippen LogP contribution in [0.4, 0.5) is 36.1 Å². The highest BCUT2D eigenvalue weighted by atomic mass is 19.4. The number of rotatable bonds is 8. The van der Waals surface area contributed by atoms with Crippen molar-refractivity contribution in [3.8, 4) is 11.8 Å². The second-order valence-electron chi connectivity index (χ2n) is 8.53. The van der Waals surface area contributed by atoms with Crippen LogP contribution in [-0.2, 0) is 6.18 Å². The maximum atomic E-state index is 13.1. The van der Waals surface area contributed by atoms with Crippen LogP contribution in [0.1, 0.15) is 31.8 Å². The van der Waals surface area contributed by atoms with Gasteiger partial charge in [-0.15, -0.1) is 0 Å². The molecule has 210 valence electrons. The fourth-order valence-electron chi connectivity index (χ4n) is 3.58. The summed E-state index contributed by atoms with van der Waals surface area (Å²) in [6, 6.07) is 13.8. The smallest absolute Gasteiger partial charge is 0.416 e. The Hall–Kier alpha value is -5.53. The monoisotopic (exact) mass is 566 g/mol. The Labute approximate surface area is 230 Å². The average molecular weight is 566 g/mol. The van der Waals surface area contributed by atoms with Crippen molar-refractivity contribution in [1.29, 1.82) is 0 Å². The molecular weight excluding hydrogens is 545 g/mol. The average Bonchev–Trinajstić information content (AvgIpc) is 2.94. The van der Waals surface area contributed by atoms with Crippen molar-refractivity contribution >= 4 is 34.7 Å². The summed E-state index contributed by atoms with van der Waals surface area (Å²) in [5.41, 5.74) is 0.0134. The van der Waals surface area contributed by atoms with Crippen molar-refractivity contribution in [2.45, 2.75) is 13.1 Å². The third-order valence-corrected chi connectivity index (χ3v) is 5.70. The van der Waals surface area contributed by atoms with Crippen LogP contribution in [0.25, 0.3) is 0 Å². The fraction of sp³-hybridized carbons (Fsp3) is 0.111. The standard InChI is InChI=1S/C27H21F3N6O5/c1-15-6-7-18(33-24(37)16-4-3-5-17(12-16)27(28,29)30)13-22(15)34-25(38)21-14-32-26(35-23(21)31-2)41-20-10-8-19(9-11-20)36(39)40/h3-14H,1-2H3,(H,33,37)(H,34,38)(H,31,32,35). The normalized spacial score (nSPS) is 11.0. The van der Waals surface area contributed by atoms with Gasteiger partial charge >= 0.3 is 12.2 Å². The molecule has 4 rings (SSSR count). The highest BCUT2D eigenvalue weighted by Gasteiger charge is 2.31. The third-order valence-electron chi connectivity index (χ3n) is 5.70. The molecule has 0 fully saturated rings. The van der Waals surface area contributed by atoms with Gasteiger partial charge in [0.2, 0.25) is 0 Å². The zero-order valence-corrected chi connectivity index (χ0v) is 21.4. The summed E-state index contributed by atoms with van der Waals surface area (Å²) < 4.78 is 44.6. The van der Waals surface area contributed by atoms with Crippen LogP contribution in [0.15, 0.2) is 72.9 Å². The number of nitrogens with zero attached hydrogens (tertiary/aromatic N) is 3. The van der Waals surface area contributed by atoms with Crippen LogP contribution < -0.4 is 20.7 Å². The predicted molar refractivity (Wildman–Crippen MR) is 143 cm³/mol. The minimum atomic E-state index is -4.59. The third kappa shape index (κ3) is 6.92. The molecule has 14 heteroatoms. The van der Waals surface area contributed by atoms with Gasteiger partial charge in [-0.1, -0.05) is 12.1 Å². The van der Waals surface area contributed by atoms with Gasteiger partial charge < -0.3 is 20.7 Å². The highest BCUT2D eigenvalue weighted by Crippen LogP contribution is 2.30. The molecule has 0 saturated carbocycles. The molecule has 0 radical (unpaired) electrons. The van der Waals surface area contributed by atoms with Crippen molar-refractivity contribution in [3.05, 3.63) is 105 Å². The summed E-state index contributed by atoms with van der Waals surface area (Å²) in [5, 5.41) is 18.8. The number of nitrogens with one attached hydrogen (secondary N) is 3. The summed E-state index contributed by atoms with van der Waals surface area (Å²) in [5.74, 6) is -0.983. The molecule has 2 amide bonds. The first kappa shape index (κ1) is 28.5. The van der Waals surface area contributed by atoms with E-state index in [-0.39, 0.29) is 40.1 Å². The summed E-state index contributed by atoms with van der Waals surface area (Å²) in [4.78, 5) is 44.1. The molecule has 3 aromatic carbocycles. The lowest BCUT2D eigenvalue weighted by Gasteiger charge is -2.14. The molecule has 4 aromatic rings. The molecule has 1 aromatic heterocycles. The van der Waals surface area contributed by atoms with E-state index in [0.717, 1.165) is 18.2 Å². The Balaban J connectivity index is 1.49. The number of ether oxygens (including phenoxy) is 1. The summed E-state index contributed by atoms with van der Waals surface area (Å²) >= 11 is 0. The molecule has 0 aliphatic carbocycles. The number of hydrogen-bond acceptors (Lipinski definition) is 8. The molecule has 0 bridgehead atoms. The van der Waals surface area contributed by atoms with Crippen molar-refractivity contribution in [2.24, 2.45) is 0 Å². The van der Waals surface area contributed by atoms with Crippen molar-refractivity contribution < 1.29 is 32.4 Å². The van der Waals surface area contributed by atoms with E-state index in [9.17, 15) is 32.9 Å².